The van der Waals surface area contributed by atoms with Gasteiger partial charge in [0.25, 0.3) is 0 Å². The fraction of sp³-hybridized carbons (Fsp3) is 0.143. The first-order valence-corrected chi connectivity index (χ1v) is 13.6. The summed E-state index contributed by atoms with van der Waals surface area (Å²) in [5, 5.41) is 2.44. The molecule has 2 aliphatic heterocycles. The van der Waals surface area contributed by atoms with E-state index in [2.05, 4.69) is 5.32 Å². The van der Waals surface area contributed by atoms with Gasteiger partial charge in [0.05, 0.1) is 16.6 Å². The third-order valence-electron chi connectivity index (χ3n) is 6.65. The predicted octanol–water partition coefficient (Wildman–Crippen LogP) is 4.48. The van der Waals surface area contributed by atoms with E-state index in [9.17, 15) is 23.6 Å². The molecule has 0 radical (unpaired) electrons. The number of nitrogens with one attached hydrogen (secondary N) is 1. The van der Waals surface area contributed by atoms with Gasteiger partial charge in [-0.15, -0.1) is 0 Å². The Kier molecular flexibility index (Phi) is 6.21. The van der Waals surface area contributed by atoms with Gasteiger partial charge in [-0.05, 0) is 42.0 Å². The van der Waals surface area contributed by atoms with Crippen LogP contribution in [0.5, 0.6) is 0 Å². The molecule has 190 valence electrons. The summed E-state index contributed by atoms with van der Waals surface area (Å²) in [6.45, 7) is -0.279. The molecule has 3 heterocycles. The molecule has 0 aliphatic carbocycles. The summed E-state index contributed by atoms with van der Waals surface area (Å²) in [5.41, 5.74) is 1.73. The number of carbonyl (C=O) groups excluding carboxylic acids is 3. The summed E-state index contributed by atoms with van der Waals surface area (Å²) in [7, 11) is 0. The van der Waals surface area contributed by atoms with Crippen molar-refractivity contribution in [3.8, 4) is 0 Å². The van der Waals surface area contributed by atoms with Crippen LogP contribution in [0.4, 0.5) is 15.8 Å². The maximum absolute atomic E-state index is 13.8. The average Bonchev–Trinajstić information content (AvgIpc) is 3.37. The number of para-hydroxylation sites is 1. The summed E-state index contributed by atoms with van der Waals surface area (Å²) < 4.78 is 14.6. The van der Waals surface area contributed by atoms with Gasteiger partial charge in [0.15, 0.2) is 0 Å². The number of hydrogen-bond acceptors (Lipinski definition) is 6. The fourth-order valence-electron chi connectivity index (χ4n) is 4.98. The van der Waals surface area contributed by atoms with Gasteiger partial charge in [0.1, 0.15) is 17.6 Å². The molecule has 0 spiro atoms. The van der Waals surface area contributed by atoms with Gasteiger partial charge in [0, 0.05) is 16.5 Å². The molecule has 1 saturated heterocycles. The SMILES string of the molecule is O=C(Cn1c2c(sc1=O)[C@H](c1ccccc1)C1C(=O)N(c3ccccc3)C(=O)C1S2)Nc1ccc(F)cc1. The summed E-state index contributed by atoms with van der Waals surface area (Å²) in [4.78, 5) is 54.9. The van der Waals surface area contributed by atoms with Gasteiger partial charge in [-0.25, -0.2) is 9.29 Å². The highest BCUT2D eigenvalue weighted by Gasteiger charge is 2.56. The lowest BCUT2D eigenvalue weighted by molar-refractivity contribution is -0.122. The van der Waals surface area contributed by atoms with Gasteiger partial charge in [-0.1, -0.05) is 71.6 Å². The number of fused-ring (bicyclic) bond motifs is 2. The minimum absolute atomic E-state index is 0.279. The zero-order valence-electron chi connectivity index (χ0n) is 19.7. The Morgan fingerprint density at radius 1 is 0.868 bits per heavy atom. The highest BCUT2D eigenvalue weighted by Crippen LogP contribution is 2.53. The molecule has 2 unspecified atom stereocenters. The first kappa shape index (κ1) is 24.3. The Labute approximate surface area is 224 Å². The van der Waals surface area contributed by atoms with E-state index in [4.69, 9.17) is 0 Å². The van der Waals surface area contributed by atoms with Crippen LogP contribution in [0.1, 0.15) is 16.4 Å². The smallest absolute Gasteiger partial charge is 0.308 e. The van der Waals surface area contributed by atoms with E-state index >= 15 is 0 Å². The largest absolute Gasteiger partial charge is 0.325 e. The number of benzene rings is 3. The molecular formula is C28H20FN3O4S2. The van der Waals surface area contributed by atoms with Gasteiger partial charge in [0.2, 0.25) is 17.7 Å². The third kappa shape index (κ3) is 4.15. The Hall–Kier alpha value is -4.02. The first-order valence-electron chi connectivity index (χ1n) is 11.9. The quantitative estimate of drug-likeness (QED) is 0.374. The number of nitrogens with zero attached hydrogens (tertiary/aromatic N) is 2. The second-order valence-corrected chi connectivity index (χ2v) is 11.1. The lowest BCUT2D eigenvalue weighted by Gasteiger charge is -2.30. The van der Waals surface area contributed by atoms with Crippen LogP contribution in [0, 0.1) is 11.7 Å². The van der Waals surface area contributed by atoms with Crippen molar-refractivity contribution in [1.29, 1.82) is 0 Å². The molecule has 38 heavy (non-hydrogen) atoms. The van der Waals surface area contributed by atoms with Crippen molar-refractivity contribution in [3.05, 3.63) is 111 Å². The van der Waals surface area contributed by atoms with E-state index in [1.165, 1.54) is 45.5 Å². The van der Waals surface area contributed by atoms with Gasteiger partial charge >= 0.3 is 4.87 Å². The first-order chi connectivity index (χ1) is 18.4. The second kappa shape index (κ2) is 9.70. The number of imide groups is 1. The lowest BCUT2D eigenvalue weighted by atomic mass is 9.83. The van der Waals surface area contributed by atoms with Crippen molar-refractivity contribution in [2.75, 3.05) is 10.2 Å². The third-order valence-corrected chi connectivity index (χ3v) is 9.26. The normalized spacial score (nSPS) is 20.2. The van der Waals surface area contributed by atoms with E-state index in [1.54, 1.807) is 24.3 Å². The highest BCUT2D eigenvalue weighted by atomic mass is 32.2. The van der Waals surface area contributed by atoms with E-state index in [-0.39, 0.29) is 23.2 Å². The molecule has 3 aromatic carbocycles. The number of thioether (sulfide) groups is 1. The molecule has 7 nitrogen and oxygen atoms in total. The zero-order chi connectivity index (χ0) is 26.4. The number of rotatable bonds is 5. The van der Waals surface area contributed by atoms with Crippen LogP contribution in [-0.4, -0.2) is 27.5 Å². The van der Waals surface area contributed by atoms with Crippen LogP contribution < -0.4 is 15.1 Å². The molecule has 1 fully saturated rings. The Morgan fingerprint density at radius 2 is 1.53 bits per heavy atom. The van der Waals surface area contributed by atoms with Gasteiger partial charge in [-0.3, -0.25) is 23.7 Å². The topological polar surface area (TPSA) is 88.5 Å². The average molecular weight is 546 g/mol. The van der Waals surface area contributed by atoms with Gasteiger partial charge < -0.3 is 5.32 Å². The van der Waals surface area contributed by atoms with Crippen molar-refractivity contribution in [2.24, 2.45) is 5.92 Å². The molecule has 3 amide bonds. The second-order valence-electron chi connectivity index (χ2n) is 8.98. The van der Waals surface area contributed by atoms with Crippen LogP contribution in [0.25, 0.3) is 0 Å². The highest BCUT2D eigenvalue weighted by molar-refractivity contribution is 8.00. The molecular weight excluding hydrogens is 525 g/mol. The molecule has 0 bridgehead atoms. The summed E-state index contributed by atoms with van der Waals surface area (Å²) >= 11 is 2.16. The fourth-order valence-corrected chi connectivity index (χ4v) is 7.76. The predicted molar refractivity (Wildman–Crippen MR) is 144 cm³/mol. The van der Waals surface area contributed by atoms with Crippen molar-refractivity contribution in [2.45, 2.75) is 22.7 Å². The maximum Gasteiger partial charge on any atom is 0.308 e. The lowest BCUT2D eigenvalue weighted by Crippen LogP contribution is -2.33. The molecule has 0 saturated carbocycles. The molecule has 4 aromatic rings. The van der Waals surface area contributed by atoms with E-state index in [1.807, 2.05) is 36.4 Å². The molecule has 2 aliphatic rings. The molecule has 1 N–H and O–H groups in total. The number of aromatic nitrogens is 1. The number of anilines is 2. The van der Waals surface area contributed by atoms with Crippen LogP contribution in [0.15, 0.2) is 94.7 Å². The summed E-state index contributed by atoms with van der Waals surface area (Å²) in [6, 6.07) is 23.5. The molecule has 1 aromatic heterocycles. The van der Waals surface area contributed by atoms with E-state index in [0.717, 1.165) is 16.9 Å². The van der Waals surface area contributed by atoms with Crippen LogP contribution >= 0.6 is 23.1 Å². The molecule has 6 rings (SSSR count). The Bertz CT molecular complexity index is 1600. The van der Waals surface area contributed by atoms with Crippen LogP contribution in [0.3, 0.4) is 0 Å². The van der Waals surface area contributed by atoms with Gasteiger partial charge in [-0.2, -0.15) is 0 Å². The zero-order valence-corrected chi connectivity index (χ0v) is 21.4. The van der Waals surface area contributed by atoms with E-state index < -0.39 is 28.8 Å². The van der Waals surface area contributed by atoms with Crippen LogP contribution in [0.2, 0.25) is 0 Å². The van der Waals surface area contributed by atoms with Crippen molar-refractivity contribution >= 4 is 52.2 Å². The summed E-state index contributed by atoms with van der Waals surface area (Å²) in [6.07, 6.45) is 0. The molecule has 10 heteroatoms. The summed E-state index contributed by atoms with van der Waals surface area (Å²) in [5.74, 6) is -2.74. The minimum atomic E-state index is -0.749. The van der Waals surface area contributed by atoms with Crippen molar-refractivity contribution in [1.82, 2.24) is 4.57 Å². The number of amides is 3. The minimum Gasteiger partial charge on any atom is -0.325 e. The number of carbonyl (C=O) groups is 3. The monoisotopic (exact) mass is 545 g/mol. The maximum atomic E-state index is 13.8. The number of thiazole rings is 1. The molecule has 3 atom stereocenters. The Balaban J connectivity index is 1.40. The van der Waals surface area contributed by atoms with Crippen molar-refractivity contribution in [3.63, 3.8) is 0 Å². The van der Waals surface area contributed by atoms with Crippen molar-refractivity contribution < 1.29 is 18.8 Å². The van der Waals surface area contributed by atoms with Crippen LogP contribution in [-0.2, 0) is 20.9 Å². The number of halogens is 1. The van der Waals surface area contributed by atoms with E-state index in [0.29, 0.717) is 21.3 Å². The Morgan fingerprint density at radius 3 is 2.21 bits per heavy atom. The standard InChI is InChI=1S/C28H20FN3O4S2/c29-17-11-13-18(14-12-17)30-20(33)15-31-27-24(38-28(31)36)21(16-7-3-1-4-8-16)22-23(37-27)26(35)32(25(22)34)19-9-5-2-6-10-19/h1-14,21-23H,15H2,(H,30,33)/t21-,22?,23?/m1/s1. The number of hydrogen-bond donors (Lipinski definition) is 1.